The fourth-order valence-corrected chi connectivity index (χ4v) is 3.50. The highest BCUT2D eigenvalue weighted by atomic mass is 16.5. The van der Waals surface area contributed by atoms with Crippen molar-refractivity contribution in [3.05, 3.63) is 24.2 Å². The predicted octanol–water partition coefficient (Wildman–Crippen LogP) is 1.49. The molecule has 2 N–H and O–H groups in total. The lowest BCUT2D eigenvalue weighted by atomic mass is 10.0. The lowest BCUT2D eigenvalue weighted by Gasteiger charge is -2.34. The summed E-state index contributed by atoms with van der Waals surface area (Å²) in [7, 11) is 1.83. The molecule has 0 bridgehead atoms. The monoisotopic (exact) mass is 334 g/mol. The highest BCUT2D eigenvalue weighted by molar-refractivity contribution is 5.79. The lowest BCUT2D eigenvalue weighted by Crippen LogP contribution is -2.49. The summed E-state index contributed by atoms with van der Waals surface area (Å²) in [6.07, 6.45) is 6.16. The number of likely N-dealkylation sites (tertiary alicyclic amines) is 1. The van der Waals surface area contributed by atoms with Gasteiger partial charge in [-0.3, -0.25) is 4.99 Å². The third kappa shape index (κ3) is 5.24. The molecule has 0 aliphatic carbocycles. The molecule has 3 heterocycles. The summed E-state index contributed by atoms with van der Waals surface area (Å²) >= 11 is 0. The van der Waals surface area contributed by atoms with Crippen LogP contribution in [0.5, 0.6) is 0 Å². The molecule has 3 rings (SSSR count). The molecular formula is C18H30N4O2. The average Bonchev–Trinajstić information content (AvgIpc) is 3.29. The standard InChI is InChI=1S/C18H30N4O2/c1-19-18(20-8-4-17-3-2-11-24-17)21-16-5-9-22(10-6-16)13-15-7-12-23-14-15/h2-3,11,15-16H,4-10,12-14H2,1H3,(H2,19,20,21). The van der Waals surface area contributed by atoms with Gasteiger partial charge in [0, 0.05) is 52.3 Å². The number of rotatable bonds is 6. The van der Waals surface area contributed by atoms with E-state index in [4.69, 9.17) is 9.15 Å². The number of nitrogens with one attached hydrogen (secondary N) is 2. The minimum absolute atomic E-state index is 0.510. The third-order valence-corrected chi connectivity index (χ3v) is 4.94. The first-order valence-corrected chi connectivity index (χ1v) is 9.13. The molecule has 0 saturated carbocycles. The summed E-state index contributed by atoms with van der Waals surface area (Å²) in [4.78, 5) is 6.92. The third-order valence-electron chi connectivity index (χ3n) is 4.94. The van der Waals surface area contributed by atoms with Crippen molar-refractivity contribution in [3.8, 4) is 0 Å². The molecule has 2 aliphatic rings. The van der Waals surface area contributed by atoms with Crippen molar-refractivity contribution in [1.29, 1.82) is 0 Å². The fourth-order valence-electron chi connectivity index (χ4n) is 3.50. The molecule has 134 valence electrons. The molecule has 2 aliphatic heterocycles. The fraction of sp³-hybridized carbons (Fsp3) is 0.722. The average molecular weight is 334 g/mol. The van der Waals surface area contributed by atoms with Crippen LogP contribution in [0.1, 0.15) is 25.0 Å². The van der Waals surface area contributed by atoms with Crippen LogP contribution in [0.25, 0.3) is 0 Å². The van der Waals surface area contributed by atoms with Crippen LogP contribution in [0.4, 0.5) is 0 Å². The Morgan fingerprint density at radius 3 is 2.88 bits per heavy atom. The zero-order valence-corrected chi connectivity index (χ0v) is 14.7. The molecule has 2 fully saturated rings. The predicted molar refractivity (Wildman–Crippen MR) is 95.3 cm³/mol. The minimum Gasteiger partial charge on any atom is -0.469 e. The van der Waals surface area contributed by atoms with E-state index in [0.717, 1.165) is 56.9 Å². The van der Waals surface area contributed by atoms with Gasteiger partial charge >= 0.3 is 0 Å². The maximum atomic E-state index is 5.48. The molecule has 1 aromatic rings. The molecule has 0 amide bonds. The van der Waals surface area contributed by atoms with Crippen molar-refractivity contribution < 1.29 is 9.15 Å². The first-order chi connectivity index (χ1) is 11.8. The number of nitrogens with zero attached hydrogens (tertiary/aromatic N) is 2. The molecular weight excluding hydrogens is 304 g/mol. The molecule has 2 saturated heterocycles. The van der Waals surface area contributed by atoms with Gasteiger partial charge in [-0.15, -0.1) is 0 Å². The van der Waals surface area contributed by atoms with Crippen molar-refractivity contribution in [1.82, 2.24) is 15.5 Å². The Labute approximate surface area is 144 Å². The van der Waals surface area contributed by atoms with E-state index in [-0.39, 0.29) is 0 Å². The van der Waals surface area contributed by atoms with Gasteiger partial charge in [0.1, 0.15) is 5.76 Å². The Kier molecular flexibility index (Phi) is 6.55. The number of aliphatic imine (C=N–C) groups is 1. The van der Waals surface area contributed by atoms with E-state index >= 15 is 0 Å². The molecule has 0 aromatic carbocycles. The second kappa shape index (κ2) is 9.08. The number of piperidine rings is 1. The topological polar surface area (TPSA) is 62.0 Å². The summed E-state index contributed by atoms with van der Waals surface area (Å²) in [6, 6.07) is 4.44. The minimum atomic E-state index is 0.510. The van der Waals surface area contributed by atoms with Gasteiger partial charge in [0.2, 0.25) is 0 Å². The normalized spacial score (nSPS) is 23.5. The van der Waals surface area contributed by atoms with Gasteiger partial charge in [-0.1, -0.05) is 0 Å². The van der Waals surface area contributed by atoms with Crippen LogP contribution in [-0.4, -0.2) is 63.3 Å². The molecule has 0 radical (unpaired) electrons. The van der Waals surface area contributed by atoms with E-state index in [1.54, 1.807) is 6.26 Å². The maximum Gasteiger partial charge on any atom is 0.191 e. The van der Waals surface area contributed by atoms with Gasteiger partial charge in [0.25, 0.3) is 0 Å². The largest absolute Gasteiger partial charge is 0.469 e. The Morgan fingerprint density at radius 1 is 1.33 bits per heavy atom. The second-order valence-corrected chi connectivity index (χ2v) is 6.78. The number of ether oxygens (including phenoxy) is 1. The van der Waals surface area contributed by atoms with Crippen LogP contribution >= 0.6 is 0 Å². The van der Waals surface area contributed by atoms with Gasteiger partial charge in [-0.25, -0.2) is 0 Å². The number of hydrogen-bond acceptors (Lipinski definition) is 4. The van der Waals surface area contributed by atoms with E-state index in [2.05, 4.69) is 20.5 Å². The van der Waals surface area contributed by atoms with Crippen LogP contribution < -0.4 is 10.6 Å². The molecule has 1 atom stereocenters. The highest BCUT2D eigenvalue weighted by Crippen LogP contribution is 2.17. The quantitative estimate of drug-likeness (QED) is 0.610. The first kappa shape index (κ1) is 17.3. The van der Waals surface area contributed by atoms with Crippen LogP contribution in [0.15, 0.2) is 27.8 Å². The lowest BCUT2D eigenvalue weighted by molar-refractivity contribution is 0.150. The van der Waals surface area contributed by atoms with Crippen molar-refractivity contribution in [2.75, 3.05) is 46.4 Å². The van der Waals surface area contributed by atoms with E-state index in [1.165, 1.54) is 25.8 Å². The molecule has 6 nitrogen and oxygen atoms in total. The van der Waals surface area contributed by atoms with Crippen molar-refractivity contribution in [2.45, 2.75) is 31.7 Å². The number of guanidine groups is 1. The number of hydrogen-bond donors (Lipinski definition) is 2. The zero-order chi connectivity index (χ0) is 16.6. The second-order valence-electron chi connectivity index (χ2n) is 6.78. The summed E-state index contributed by atoms with van der Waals surface area (Å²) in [5.41, 5.74) is 0. The van der Waals surface area contributed by atoms with E-state index in [9.17, 15) is 0 Å². The summed E-state index contributed by atoms with van der Waals surface area (Å²) in [5.74, 6) is 2.64. The highest BCUT2D eigenvalue weighted by Gasteiger charge is 2.24. The van der Waals surface area contributed by atoms with Crippen molar-refractivity contribution in [2.24, 2.45) is 10.9 Å². The Hall–Kier alpha value is -1.53. The van der Waals surface area contributed by atoms with Crippen LogP contribution in [0.3, 0.4) is 0 Å². The van der Waals surface area contributed by atoms with Crippen molar-refractivity contribution in [3.63, 3.8) is 0 Å². The maximum absolute atomic E-state index is 5.48. The summed E-state index contributed by atoms with van der Waals surface area (Å²) < 4.78 is 10.8. The van der Waals surface area contributed by atoms with Gasteiger partial charge in [0.05, 0.1) is 12.9 Å². The van der Waals surface area contributed by atoms with Crippen molar-refractivity contribution >= 4 is 5.96 Å². The Morgan fingerprint density at radius 2 is 2.21 bits per heavy atom. The molecule has 0 spiro atoms. The van der Waals surface area contributed by atoms with E-state index in [1.807, 2.05) is 19.2 Å². The SMILES string of the molecule is CN=C(NCCc1ccco1)NC1CCN(CC2CCOC2)CC1. The van der Waals surface area contributed by atoms with Crippen LogP contribution in [0.2, 0.25) is 0 Å². The van der Waals surface area contributed by atoms with Gasteiger partial charge < -0.3 is 24.7 Å². The van der Waals surface area contributed by atoms with Gasteiger partial charge in [0.15, 0.2) is 5.96 Å². The van der Waals surface area contributed by atoms with E-state index in [0.29, 0.717) is 6.04 Å². The summed E-state index contributed by atoms with van der Waals surface area (Å²) in [5, 5.41) is 6.93. The molecule has 6 heteroatoms. The van der Waals surface area contributed by atoms with Gasteiger partial charge in [-0.05, 0) is 37.3 Å². The first-order valence-electron chi connectivity index (χ1n) is 9.13. The smallest absolute Gasteiger partial charge is 0.191 e. The Balaban J connectivity index is 1.33. The van der Waals surface area contributed by atoms with Crippen LogP contribution in [-0.2, 0) is 11.2 Å². The molecule has 1 unspecified atom stereocenters. The Bertz CT molecular complexity index is 489. The summed E-state index contributed by atoms with van der Waals surface area (Å²) in [6.45, 7) is 6.25. The molecule has 24 heavy (non-hydrogen) atoms. The van der Waals surface area contributed by atoms with Crippen LogP contribution in [0, 0.1) is 5.92 Å². The number of furan rings is 1. The molecule has 1 aromatic heterocycles. The van der Waals surface area contributed by atoms with Gasteiger partial charge in [-0.2, -0.15) is 0 Å². The van der Waals surface area contributed by atoms with E-state index < -0.39 is 0 Å². The zero-order valence-electron chi connectivity index (χ0n) is 14.7.